The summed E-state index contributed by atoms with van der Waals surface area (Å²) in [6.45, 7) is 1.69. The van der Waals surface area contributed by atoms with Crippen LogP contribution < -0.4 is 9.47 Å². The predicted octanol–water partition coefficient (Wildman–Crippen LogP) is 1.90. The van der Waals surface area contributed by atoms with E-state index >= 15 is 0 Å². The highest BCUT2D eigenvalue weighted by molar-refractivity contribution is 6.01. The smallest absolute Gasteiger partial charge is 0.128 e. The monoisotopic (exact) mass is 195 g/mol. The Morgan fingerprint density at radius 1 is 1.29 bits per heavy atom. The van der Waals surface area contributed by atoms with Crippen LogP contribution in [0.5, 0.6) is 11.5 Å². The second kappa shape index (κ2) is 4.50. The molecule has 0 amide bonds. The van der Waals surface area contributed by atoms with E-state index in [-0.39, 0.29) is 0 Å². The normalized spacial score (nSPS) is 11.2. The van der Waals surface area contributed by atoms with Gasteiger partial charge < -0.3 is 14.7 Å². The topological polar surface area (TPSA) is 51.0 Å². The summed E-state index contributed by atoms with van der Waals surface area (Å²) in [5.41, 5.74) is 1.20. The van der Waals surface area contributed by atoms with Crippen molar-refractivity contribution in [1.29, 1.82) is 0 Å². The summed E-state index contributed by atoms with van der Waals surface area (Å²) >= 11 is 0. The molecule has 4 nitrogen and oxygen atoms in total. The molecule has 1 rings (SSSR count). The molecule has 0 bridgehead atoms. The first-order chi connectivity index (χ1) is 6.72. The van der Waals surface area contributed by atoms with Crippen molar-refractivity contribution >= 4 is 5.71 Å². The van der Waals surface area contributed by atoms with E-state index in [0.29, 0.717) is 22.8 Å². The van der Waals surface area contributed by atoms with Crippen LogP contribution in [0.1, 0.15) is 12.5 Å². The molecule has 0 aromatic heterocycles. The first kappa shape index (κ1) is 10.4. The Labute approximate surface area is 82.8 Å². The summed E-state index contributed by atoms with van der Waals surface area (Å²) in [6.07, 6.45) is 0. The Balaban J connectivity index is 3.21. The molecule has 0 aliphatic heterocycles. The molecule has 4 heteroatoms. The van der Waals surface area contributed by atoms with Crippen molar-refractivity contribution in [2.24, 2.45) is 5.16 Å². The second-order valence-corrected chi connectivity index (χ2v) is 2.75. The van der Waals surface area contributed by atoms with Crippen LogP contribution in [0, 0.1) is 0 Å². The first-order valence-corrected chi connectivity index (χ1v) is 4.14. The van der Waals surface area contributed by atoms with E-state index in [1.54, 1.807) is 39.3 Å². The lowest BCUT2D eigenvalue weighted by molar-refractivity contribution is 0.318. The lowest BCUT2D eigenvalue weighted by atomic mass is 10.1. The Hall–Kier alpha value is -1.71. The molecular formula is C10H13NO3. The van der Waals surface area contributed by atoms with Crippen molar-refractivity contribution in [3.63, 3.8) is 0 Å². The number of oxime groups is 1. The Kier molecular flexibility index (Phi) is 3.34. The van der Waals surface area contributed by atoms with Crippen LogP contribution in [0.3, 0.4) is 0 Å². The molecule has 1 N–H and O–H groups in total. The quantitative estimate of drug-likeness (QED) is 0.455. The van der Waals surface area contributed by atoms with Crippen molar-refractivity contribution in [2.45, 2.75) is 6.92 Å². The van der Waals surface area contributed by atoms with E-state index in [1.807, 2.05) is 0 Å². The summed E-state index contributed by atoms with van der Waals surface area (Å²) in [4.78, 5) is 0. The highest BCUT2D eigenvalue weighted by atomic mass is 16.5. The molecule has 14 heavy (non-hydrogen) atoms. The zero-order valence-electron chi connectivity index (χ0n) is 8.44. The molecule has 0 saturated heterocycles. The van der Waals surface area contributed by atoms with Gasteiger partial charge in [-0.1, -0.05) is 5.16 Å². The largest absolute Gasteiger partial charge is 0.497 e. The maximum absolute atomic E-state index is 8.66. The molecule has 0 radical (unpaired) electrons. The molecule has 0 atom stereocenters. The first-order valence-electron chi connectivity index (χ1n) is 4.14. The molecule has 1 aromatic carbocycles. The zero-order valence-corrected chi connectivity index (χ0v) is 8.44. The SMILES string of the molecule is COc1ccc(OC)c(/C(C)=N\O)c1. The number of rotatable bonds is 3. The van der Waals surface area contributed by atoms with E-state index in [4.69, 9.17) is 14.7 Å². The molecule has 0 saturated carbocycles. The number of benzene rings is 1. The lowest BCUT2D eigenvalue weighted by Gasteiger charge is -2.08. The molecular weight excluding hydrogens is 182 g/mol. The zero-order chi connectivity index (χ0) is 10.6. The van der Waals surface area contributed by atoms with Gasteiger partial charge in [-0.05, 0) is 25.1 Å². The fourth-order valence-electron chi connectivity index (χ4n) is 1.15. The maximum atomic E-state index is 8.66. The average molecular weight is 195 g/mol. The van der Waals surface area contributed by atoms with Crippen LogP contribution in [0.2, 0.25) is 0 Å². The third kappa shape index (κ3) is 1.96. The number of hydrogen-bond donors (Lipinski definition) is 1. The highest BCUT2D eigenvalue weighted by Crippen LogP contribution is 2.24. The van der Waals surface area contributed by atoms with Gasteiger partial charge in [0.1, 0.15) is 11.5 Å². The Bertz CT molecular complexity index is 347. The van der Waals surface area contributed by atoms with Gasteiger partial charge >= 0.3 is 0 Å². The molecule has 1 aromatic rings. The van der Waals surface area contributed by atoms with Gasteiger partial charge in [0.2, 0.25) is 0 Å². The van der Waals surface area contributed by atoms with Crippen molar-refractivity contribution < 1.29 is 14.7 Å². The van der Waals surface area contributed by atoms with Gasteiger partial charge in [0.05, 0.1) is 19.9 Å². The second-order valence-electron chi connectivity index (χ2n) is 2.75. The van der Waals surface area contributed by atoms with Gasteiger partial charge in [-0.3, -0.25) is 0 Å². The fraction of sp³-hybridized carbons (Fsp3) is 0.300. The van der Waals surface area contributed by atoms with Crippen LogP contribution in [0.15, 0.2) is 23.4 Å². The van der Waals surface area contributed by atoms with Gasteiger partial charge in [0.25, 0.3) is 0 Å². The minimum absolute atomic E-state index is 0.487. The Morgan fingerprint density at radius 3 is 2.50 bits per heavy atom. The van der Waals surface area contributed by atoms with Gasteiger partial charge in [0.15, 0.2) is 0 Å². The number of ether oxygens (including phenoxy) is 2. The maximum Gasteiger partial charge on any atom is 0.128 e. The van der Waals surface area contributed by atoms with Crippen LogP contribution in [-0.2, 0) is 0 Å². The van der Waals surface area contributed by atoms with E-state index in [9.17, 15) is 0 Å². The number of nitrogens with zero attached hydrogens (tertiary/aromatic N) is 1. The van der Waals surface area contributed by atoms with Crippen LogP contribution in [0.4, 0.5) is 0 Å². The molecule has 0 unspecified atom stereocenters. The number of hydrogen-bond acceptors (Lipinski definition) is 4. The van der Waals surface area contributed by atoms with Gasteiger partial charge in [-0.2, -0.15) is 0 Å². The van der Waals surface area contributed by atoms with Crippen LogP contribution in [-0.4, -0.2) is 25.1 Å². The van der Waals surface area contributed by atoms with Crippen LogP contribution >= 0.6 is 0 Å². The molecule has 0 fully saturated rings. The van der Waals surface area contributed by atoms with Crippen molar-refractivity contribution in [1.82, 2.24) is 0 Å². The molecule has 0 aliphatic carbocycles. The summed E-state index contributed by atoms with van der Waals surface area (Å²) in [5.74, 6) is 1.35. The molecule has 0 spiro atoms. The Morgan fingerprint density at radius 2 is 2.00 bits per heavy atom. The fourth-order valence-corrected chi connectivity index (χ4v) is 1.15. The minimum Gasteiger partial charge on any atom is -0.497 e. The van der Waals surface area contributed by atoms with Crippen molar-refractivity contribution in [2.75, 3.05) is 14.2 Å². The van der Waals surface area contributed by atoms with E-state index in [1.165, 1.54) is 0 Å². The molecule has 76 valence electrons. The van der Waals surface area contributed by atoms with E-state index < -0.39 is 0 Å². The van der Waals surface area contributed by atoms with E-state index in [0.717, 1.165) is 0 Å². The van der Waals surface area contributed by atoms with Crippen molar-refractivity contribution in [3.8, 4) is 11.5 Å². The average Bonchev–Trinajstić information content (AvgIpc) is 2.27. The molecule has 0 heterocycles. The predicted molar refractivity (Wildman–Crippen MR) is 53.5 cm³/mol. The highest BCUT2D eigenvalue weighted by Gasteiger charge is 2.07. The number of methoxy groups -OCH3 is 2. The third-order valence-electron chi connectivity index (χ3n) is 1.95. The summed E-state index contributed by atoms with van der Waals surface area (Å²) < 4.78 is 10.2. The lowest BCUT2D eigenvalue weighted by Crippen LogP contribution is -1.99. The summed E-state index contributed by atoms with van der Waals surface area (Å²) in [5, 5.41) is 11.8. The van der Waals surface area contributed by atoms with Gasteiger partial charge in [-0.25, -0.2) is 0 Å². The summed E-state index contributed by atoms with van der Waals surface area (Å²) in [6, 6.07) is 5.31. The van der Waals surface area contributed by atoms with Gasteiger partial charge in [-0.15, -0.1) is 0 Å². The van der Waals surface area contributed by atoms with Gasteiger partial charge in [0, 0.05) is 5.56 Å². The third-order valence-corrected chi connectivity index (χ3v) is 1.95. The van der Waals surface area contributed by atoms with Crippen LogP contribution in [0.25, 0.3) is 0 Å². The van der Waals surface area contributed by atoms with E-state index in [2.05, 4.69) is 5.16 Å². The molecule has 0 aliphatic rings. The summed E-state index contributed by atoms with van der Waals surface area (Å²) in [7, 11) is 3.15. The minimum atomic E-state index is 0.487. The standard InChI is InChI=1S/C10H13NO3/c1-7(11-12)9-6-8(13-2)4-5-10(9)14-3/h4-6,12H,1-3H3/b11-7-. The van der Waals surface area contributed by atoms with Crippen molar-refractivity contribution in [3.05, 3.63) is 23.8 Å².